The molecule has 168 valence electrons. The molecular formula is C27H50N2. The first kappa shape index (κ1) is 22.1. The Kier molecular flexibility index (Phi) is 6.19. The Morgan fingerprint density at radius 3 is 2.14 bits per heavy atom. The maximum atomic E-state index is 2.93. The summed E-state index contributed by atoms with van der Waals surface area (Å²) < 4.78 is 0. The van der Waals surface area contributed by atoms with Crippen molar-refractivity contribution in [2.24, 2.45) is 22.7 Å². The Balaban J connectivity index is 1.41. The van der Waals surface area contributed by atoms with Crippen LogP contribution >= 0.6 is 0 Å². The predicted molar refractivity (Wildman–Crippen MR) is 125 cm³/mol. The third kappa shape index (κ3) is 4.32. The van der Waals surface area contributed by atoms with Crippen molar-refractivity contribution in [1.29, 1.82) is 0 Å². The molecule has 3 unspecified atom stereocenters. The molecule has 2 heteroatoms. The van der Waals surface area contributed by atoms with E-state index in [-0.39, 0.29) is 0 Å². The molecule has 2 aliphatic heterocycles. The second kappa shape index (κ2) is 8.12. The molecule has 2 aliphatic carbocycles. The van der Waals surface area contributed by atoms with Crippen LogP contribution in [-0.2, 0) is 0 Å². The second-order valence-electron chi connectivity index (χ2n) is 13.1. The van der Waals surface area contributed by atoms with Gasteiger partial charge in [-0.2, -0.15) is 0 Å². The summed E-state index contributed by atoms with van der Waals surface area (Å²) in [6.07, 6.45) is 16.5. The zero-order valence-corrected chi connectivity index (χ0v) is 20.6. The maximum absolute atomic E-state index is 2.93. The van der Waals surface area contributed by atoms with Gasteiger partial charge in [-0.15, -0.1) is 0 Å². The van der Waals surface area contributed by atoms with Gasteiger partial charge < -0.3 is 0 Å². The van der Waals surface area contributed by atoms with Gasteiger partial charge in [-0.05, 0) is 122 Å². The van der Waals surface area contributed by atoms with Gasteiger partial charge >= 0.3 is 0 Å². The van der Waals surface area contributed by atoms with Crippen molar-refractivity contribution in [2.75, 3.05) is 19.6 Å². The lowest BCUT2D eigenvalue weighted by atomic mass is 9.67. The number of hydrogen-bond acceptors (Lipinski definition) is 2. The Morgan fingerprint density at radius 2 is 1.55 bits per heavy atom. The minimum atomic E-state index is 0.347. The van der Waals surface area contributed by atoms with Gasteiger partial charge in [0, 0.05) is 24.2 Å². The van der Waals surface area contributed by atoms with E-state index in [0.29, 0.717) is 16.4 Å². The lowest BCUT2D eigenvalue weighted by Crippen LogP contribution is -2.50. The number of hydrogen-bond donors (Lipinski definition) is 0. The fourth-order valence-electron chi connectivity index (χ4n) is 8.18. The van der Waals surface area contributed by atoms with Crippen molar-refractivity contribution >= 4 is 0 Å². The van der Waals surface area contributed by atoms with E-state index in [0.717, 1.165) is 23.9 Å². The van der Waals surface area contributed by atoms with Crippen LogP contribution in [0.5, 0.6) is 0 Å². The average Bonchev–Trinajstić information content (AvgIpc) is 3.36. The first-order chi connectivity index (χ1) is 13.6. The van der Waals surface area contributed by atoms with E-state index >= 15 is 0 Å². The molecule has 2 saturated heterocycles. The molecule has 0 aromatic carbocycles. The van der Waals surface area contributed by atoms with Gasteiger partial charge in [0.15, 0.2) is 0 Å². The highest BCUT2D eigenvalue weighted by Crippen LogP contribution is 2.55. The minimum Gasteiger partial charge on any atom is -0.298 e. The quantitative estimate of drug-likeness (QED) is 0.514. The van der Waals surface area contributed by atoms with E-state index < -0.39 is 0 Å². The zero-order valence-electron chi connectivity index (χ0n) is 20.6. The van der Waals surface area contributed by atoms with Crippen molar-refractivity contribution in [3.8, 4) is 0 Å². The number of rotatable bonds is 4. The Hall–Kier alpha value is -0.0800. The smallest absolute Gasteiger partial charge is 0.0130 e. The van der Waals surface area contributed by atoms with Crippen molar-refractivity contribution < 1.29 is 0 Å². The summed E-state index contributed by atoms with van der Waals surface area (Å²) in [6, 6.07) is 1.57. The highest BCUT2D eigenvalue weighted by Gasteiger charge is 2.50. The van der Waals surface area contributed by atoms with Crippen molar-refractivity contribution in [3.63, 3.8) is 0 Å². The molecule has 2 heterocycles. The van der Waals surface area contributed by atoms with E-state index in [4.69, 9.17) is 0 Å². The molecular weight excluding hydrogens is 352 g/mol. The third-order valence-electron chi connectivity index (χ3n) is 10.0. The topological polar surface area (TPSA) is 6.48 Å². The van der Waals surface area contributed by atoms with Gasteiger partial charge in [0.2, 0.25) is 0 Å². The Morgan fingerprint density at radius 1 is 0.897 bits per heavy atom. The standard InChI is InChI=1S/C27H50N2/c1-21(2)29-20-26(11-7-8-12-26)19-24(29)22(3)18-23-10-9-13-27(23)14-16-28(17-15-27)25(4,5)6/h21-24H,7-20H2,1-6H3. The molecule has 2 saturated carbocycles. The zero-order chi connectivity index (χ0) is 20.9. The van der Waals surface area contributed by atoms with Gasteiger partial charge in [-0.25, -0.2) is 0 Å². The Bertz CT molecular complexity index is 545. The molecule has 29 heavy (non-hydrogen) atoms. The highest BCUT2D eigenvalue weighted by molar-refractivity contribution is 5.03. The van der Waals surface area contributed by atoms with Crippen LogP contribution in [0.15, 0.2) is 0 Å². The molecule has 0 radical (unpaired) electrons. The van der Waals surface area contributed by atoms with Crippen LogP contribution < -0.4 is 0 Å². The van der Waals surface area contributed by atoms with Gasteiger partial charge in [0.1, 0.15) is 0 Å². The minimum absolute atomic E-state index is 0.347. The van der Waals surface area contributed by atoms with Crippen LogP contribution in [0.1, 0.15) is 112 Å². The van der Waals surface area contributed by atoms with E-state index in [2.05, 4.69) is 51.3 Å². The molecule has 0 amide bonds. The highest BCUT2D eigenvalue weighted by atomic mass is 15.2. The molecule has 3 atom stereocenters. The summed E-state index contributed by atoms with van der Waals surface area (Å²) in [4.78, 5) is 5.68. The SMILES string of the molecule is CC(CC1CCCC12CCN(C(C)(C)C)CC2)C1CC2(CCCC2)CN1C(C)C. The molecule has 4 fully saturated rings. The third-order valence-corrected chi connectivity index (χ3v) is 10.0. The summed E-state index contributed by atoms with van der Waals surface area (Å²) >= 11 is 0. The fourth-order valence-corrected chi connectivity index (χ4v) is 8.18. The van der Waals surface area contributed by atoms with Gasteiger partial charge in [0.25, 0.3) is 0 Å². The van der Waals surface area contributed by atoms with E-state index in [1.807, 2.05) is 0 Å². The monoisotopic (exact) mass is 402 g/mol. The van der Waals surface area contributed by atoms with Gasteiger partial charge in [0.05, 0.1) is 0 Å². The fraction of sp³-hybridized carbons (Fsp3) is 1.00. The summed E-state index contributed by atoms with van der Waals surface area (Å²) in [5, 5.41) is 0. The van der Waals surface area contributed by atoms with Crippen LogP contribution in [0.25, 0.3) is 0 Å². The van der Waals surface area contributed by atoms with E-state index in [1.54, 1.807) is 0 Å². The molecule has 4 aliphatic rings. The predicted octanol–water partition coefficient (Wildman–Crippen LogP) is 6.74. The van der Waals surface area contributed by atoms with Gasteiger partial charge in [-0.3, -0.25) is 9.80 Å². The number of piperidine rings is 1. The molecule has 4 rings (SSSR count). The van der Waals surface area contributed by atoms with Crippen molar-refractivity contribution in [3.05, 3.63) is 0 Å². The molecule has 0 aromatic rings. The molecule has 0 aromatic heterocycles. The normalized spacial score (nSPS) is 34.0. The van der Waals surface area contributed by atoms with Crippen LogP contribution in [0.3, 0.4) is 0 Å². The van der Waals surface area contributed by atoms with Crippen LogP contribution in [0, 0.1) is 22.7 Å². The largest absolute Gasteiger partial charge is 0.298 e. The maximum Gasteiger partial charge on any atom is 0.0130 e. The van der Waals surface area contributed by atoms with Crippen LogP contribution in [-0.4, -0.2) is 47.1 Å². The lowest BCUT2D eigenvalue weighted by Gasteiger charge is -2.48. The first-order valence-electron chi connectivity index (χ1n) is 13.2. The average molecular weight is 403 g/mol. The van der Waals surface area contributed by atoms with Crippen molar-refractivity contribution in [2.45, 2.75) is 130 Å². The second-order valence-corrected chi connectivity index (χ2v) is 13.1. The van der Waals surface area contributed by atoms with E-state index in [9.17, 15) is 0 Å². The number of likely N-dealkylation sites (tertiary alicyclic amines) is 2. The first-order valence-corrected chi connectivity index (χ1v) is 13.2. The van der Waals surface area contributed by atoms with Gasteiger partial charge in [-0.1, -0.05) is 26.2 Å². The van der Waals surface area contributed by atoms with Crippen molar-refractivity contribution in [1.82, 2.24) is 9.80 Å². The molecule has 0 bridgehead atoms. The summed E-state index contributed by atoms with van der Waals surface area (Å²) in [7, 11) is 0. The summed E-state index contributed by atoms with van der Waals surface area (Å²) in [6.45, 7) is 18.8. The van der Waals surface area contributed by atoms with Crippen LogP contribution in [0.2, 0.25) is 0 Å². The summed E-state index contributed by atoms with van der Waals surface area (Å²) in [5.74, 6) is 1.87. The molecule has 0 N–H and O–H groups in total. The van der Waals surface area contributed by atoms with E-state index in [1.165, 1.54) is 90.3 Å². The Labute approximate surface area is 182 Å². The summed E-state index contributed by atoms with van der Waals surface area (Å²) in [5.41, 5.74) is 1.72. The lowest BCUT2D eigenvalue weighted by molar-refractivity contribution is 0.0116. The number of nitrogens with zero attached hydrogens (tertiary/aromatic N) is 2. The molecule has 2 spiro atoms. The molecule has 2 nitrogen and oxygen atoms in total. The van der Waals surface area contributed by atoms with Crippen LogP contribution in [0.4, 0.5) is 0 Å².